The second-order valence-corrected chi connectivity index (χ2v) is 4.74. The van der Waals surface area contributed by atoms with E-state index < -0.39 is 0 Å². The first-order valence-corrected chi connectivity index (χ1v) is 6.81. The van der Waals surface area contributed by atoms with Crippen molar-refractivity contribution < 1.29 is 8.91 Å². The summed E-state index contributed by atoms with van der Waals surface area (Å²) < 4.78 is 19.6. The van der Waals surface area contributed by atoms with E-state index in [2.05, 4.69) is 20.5 Å². The van der Waals surface area contributed by atoms with Crippen molar-refractivity contribution in [3.63, 3.8) is 0 Å². The van der Waals surface area contributed by atoms with E-state index in [0.717, 1.165) is 5.69 Å². The minimum absolute atomic E-state index is 0.308. The Bertz CT molecular complexity index is 724. The van der Waals surface area contributed by atoms with Crippen LogP contribution in [-0.2, 0) is 13.0 Å². The van der Waals surface area contributed by atoms with Gasteiger partial charge in [0, 0.05) is 24.1 Å². The molecule has 0 unspecified atom stereocenters. The number of benzene rings is 1. The molecule has 0 fully saturated rings. The second kappa shape index (κ2) is 6.01. The van der Waals surface area contributed by atoms with Crippen LogP contribution < -0.4 is 0 Å². The first-order valence-electron chi connectivity index (χ1n) is 6.28. The Morgan fingerprint density at radius 2 is 2.05 bits per heavy atom. The maximum atomic E-state index is 12.9. The molecule has 0 amide bonds. The number of hydrogen-bond acceptors (Lipinski definition) is 5. The highest BCUT2D eigenvalue weighted by atomic mass is 35.5. The third-order valence-corrected chi connectivity index (χ3v) is 2.99. The molecule has 0 bridgehead atoms. The summed E-state index contributed by atoms with van der Waals surface area (Å²) in [5.74, 6) is 0.994. The fourth-order valence-corrected chi connectivity index (χ4v) is 1.99. The van der Waals surface area contributed by atoms with E-state index in [9.17, 15) is 4.39 Å². The smallest absolute Gasteiger partial charge is 0.248 e. The first-order chi connectivity index (χ1) is 10.2. The van der Waals surface area contributed by atoms with Gasteiger partial charge in [-0.15, -0.1) is 16.7 Å². The largest absolute Gasteiger partial charge is 0.337 e. The van der Waals surface area contributed by atoms with Gasteiger partial charge in [-0.2, -0.15) is 4.98 Å². The molecule has 8 heteroatoms. The molecule has 3 rings (SSSR count). The van der Waals surface area contributed by atoms with E-state index >= 15 is 0 Å². The Kier molecular flexibility index (Phi) is 3.92. The summed E-state index contributed by atoms with van der Waals surface area (Å²) in [6.45, 7) is 0.323. The molecule has 0 spiro atoms. The summed E-state index contributed by atoms with van der Waals surface area (Å²) in [6.07, 6.45) is 2.44. The van der Waals surface area contributed by atoms with Crippen molar-refractivity contribution in [1.82, 2.24) is 25.1 Å². The van der Waals surface area contributed by atoms with E-state index in [0.29, 0.717) is 36.1 Å². The molecule has 2 aromatic heterocycles. The van der Waals surface area contributed by atoms with Gasteiger partial charge in [-0.25, -0.2) is 9.07 Å². The molecule has 0 saturated carbocycles. The minimum Gasteiger partial charge on any atom is -0.337 e. The highest BCUT2D eigenvalue weighted by Gasteiger charge is 2.10. The van der Waals surface area contributed by atoms with Gasteiger partial charge in [-0.3, -0.25) is 0 Å². The van der Waals surface area contributed by atoms with Crippen LogP contribution in [0.4, 0.5) is 4.39 Å². The maximum Gasteiger partial charge on any atom is 0.248 e. The topological polar surface area (TPSA) is 69.6 Å². The second-order valence-electron chi connectivity index (χ2n) is 4.37. The van der Waals surface area contributed by atoms with Crippen molar-refractivity contribution in [3.8, 4) is 11.4 Å². The summed E-state index contributed by atoms with van der Waals surface area (Å²) in [7, 11) is 0. The normalized spacial score (nSPS) is 11.0. The Balaban J connectivity index is 1.73. The van der Waals surface area contributed by atoms with Crippen LogP contribution in [-0.4, -0.2) is 31.0 Å². The number of nitrogens with zero attached hydrogens (tertiary/aromatic N) is 5. The average Bonchev–Trinajstić information content (AvgIpc) is 3.11. The summed E-state index contributed by atoms with van der Waals surface area (Å²) in [5, 5.41) is 11.8. The van der Waals surface area contributed by atoms with Crippen molar-refractivity contribution in [1.29, 1.82) is 0 Å². The molecule has 0 aliphatic rings. The lowest BCUT2D eigenvalue weighted by Gasteiger charge is -1.93. The van der Waals surface area contributed by atoms with Gasteiger partial charge in [0.1, 0.15) is 12.4 Å². The minimum atomic E-state index is -0.308. The molecule has 21 heavy (non-hydrogen) atoms. The molecule has 0 N–H and O–H groups in total. The monoisotopic (exact) mass is 307 g/mol. The predicted octanol–water partition coefficient (Wildman–Crippen LogP) is 2.30. The molecule has 0 saturated heterocycles. The summed E-state index contributed by atoms with van der Waals surface area (Å²) >= 11 is 5.64. The lowest BCUT2D eigenvalue weighted by atomic mass is 10.2. The highest BCUT2D eigenvalue weighted by Crippen LogP contribution is 2.16. The summed E-state index contributed by atoms with van der Waals surface area (Å²) in [6, 6.07) is 5.89. The number of halogens is 2. The van der Waals surface area contributed by atoms with Crippen LogP contribution in [0.1, 0.15) is 11.6 Å². The fourth-order valence-electron chi connectivity index (χ4n) is 1.80. The first kappa shape index (κ1) is 13.7. The van der Waals surface area contributed by atoms with Crippen LogP contribution >= 0.6 is 11.6 Å². The molecule has 0 atom stereocenters. The van der Waals surface area contributed by atoms with E-state index in [1.165, 1.54) is 12.1 Å². The number of aromatic nitrogens is 5. The Morgan fingerprint density at radius 3 is 2.81 bits per heavy atom. The van der Waals surface area contributed by atoms with Crippen molar-refractivity contribution in [2.45, 2.75) is 13.0 Å². The van der Waals surface area contributed by atoms with E-state index in [-0.39, 0.29) is 5.82 Å². The van der Waals surface area contributed by atoms with Gasteiger partial charge in [-0.05, 0) is 24.3 Å². The Morgan fingerprint density at radius 1 is 1.24 bits per heavy atom. The Hall–Kier alpha value is -2.28. The zero-order valence-corrected chi connectivity index (χ0v) is 11.7. The van der Waals surface area contributed by atoms with Crippen molar-refractivity contribution in [2.24, 2.45) is 0 Å². The van der Waals surface area contributed by atoms with E-state index in [1.807, 2.05) is 0 Å². The highest BCUT2D eigenvalue weighted by molar-refractivity contribution is 6.17. The van der Waals surface area contributed by atoms with Crippen molar-refractivity contribution in [3.05, 3.63) is 47.9 Å². The number of alkyl halides is 1. The molecular formula is C13H11ClFN5O. The lowest BCUT2D eigenvalue weighted by molar-refractivity contribution is 0.364. The molecule has 6 nitrogen and oxygen atoms in total. The molecule has 108 valence electrons. The lowest BCUT2D eigenvalue weighted by Crippen LogP contribution is -2.00. The zero-order valence-electron chi connectivity index (χ0n) is 10.9. The number of hydrogen-bond donors (Lipinski definition) is 0. The summed E-state index contributed by atoms with van der Waals surface area (Å²) in [5.41, 5.74) is 1.50. The quantitative estimate of drug-likeness (QED) is 0.676. The van der Waals surface area contributed by atoms with Gasteiger partial charge in [-0.1, -0.05) is 10.4 Å². The molecule has 3 aromatic rings. The van der Waals surface area contributed by atoms with Crippen molar-refractivity contribution >= 4 is 11.6 Å². The molecule has 1 aromatic carbocycles. The maximum absolute atomic E-state index is 12.9. The van der Waals surface area contributed by atoms with Gasteiger partial charge in [0.25, 0.3) is 0 Å². The standard InChI is InChI=1S/C13H11ClFN5O/c14-6-5-11-7-20(19-17-11)8-12-16-13(18-21-12)9-1-3-10(15)4-2-9/h1-4,7H,5-6,8H2. The van der Waals surface area contributed by atoms with Crippen LogP contribution in [0, 0.1) is 5.82 Å². The predicted molar refractivity (Wildman–Crippen MR) is 73.2 cm³/mol. The fraction of sp³-hybridized carbons (Fsp3) is 0.231. The van der Waals surface area contributed by atoms with Gasteiger partial charge in [0.2, 0.25) is 11.7 Å². The number of rotatable bonds is 5. The van der Waals surface area contributed by atoms with Crippen LogP contribution in [0.25, 0.3) is 11.4 Å². The van der Waals surface area contributed by atoms with E-state index in [4.69, 9.17) is 16.1 Å². The molecule has 0 aliphatic heterocycles. The molecule has 2 heterocycles. The third kappa shape index (κ3) is 3.25. The van der Waals surface area contributed by atoms with Crippen LogP contribution in [0.15, 0.2) is 35.0 Å². The van der Waals surface area contributed by atoms with Gasteiger partial charge >= 0.3 is 0 Å². The van der Waals surface area contributed by atoms with Gasteiger partial charge in [0.15, 0.2) is 0 Å². The molecule has 0 aliphatic carbocycles. The SMILES string of the molecule is Fc1ccc(-c2noc(Cn3cc(CCCl)nn3)n2)cc1. The summed E-state index contributed by atoms with van der Waals surface area (Å²) in [4.78, 5) is 4.25. The van der Waals surface area contributed by atoms with Crippen LogP contribution in [0.2, 0.25) is 0 Å². The zero-order chi connectivity index (χ0) is 14.7. The van der Waals surface area contributed by atoms with Crippen LogP contribution in [0.5, 0.6) is 0 Å². The molecular weight excluding hydrogens is 297 g/mol. The van der Waals surface area contributed by atoms with Gasteiger partial charge < -0.3 is 4.52 Å². The Labute approximate surface area is 124 Å². The molecule has 0 radical (unpaired) electrons. The van der Waals surface area contributed by atoms with Crippen LogP contribution in [0.3, 0.4) is 0 Å². The number of aryl methyl sites for hydroxylation is 1. The van der Waals surface area contributed by atoms with E-state index in [1.54, 1.807) is 23.0 Å². The van der Waals surface area contributed by atoms with Crippen molar-refractivity contribution in [2.75, 3.05) is 5.88 Å². The average molecular weight is 308 g/mol. The van der Waals surface area contributed by atoms with Gasteiger partial charge in [0.05, 0.1) is 5.69 Å². The third-order valence-electron chi connectivity index (χ3n) is 2.80.